The molecule has 2 aromatic heterocycles. The lowest BCUT2D eigenvalue weighted by Gasteiger charge is -2.29. The lowest BCUT2D eigenvalue weighted by atomic mass is 10.1. The highest BCUT2D eigenvalue weighted by Crippen LogP contribution is 2.23. The molecule has 126 valence electrons. The Hall–Kier alpha value is -2.25. The molecule has 0 atom stereocenters. The third kappa shape index (κ3) is 3.98. The molecule has 0 bridgehead atoms. The van der Waals surface area contributed by atoms with E-state index in [0.717, 1.165) is 25.9 Å². The highest BCUT2D eigenvalue weighted by atomic mass is 32.1. The Labute approximate surface area is 144 Å². The predicted octanol–water partition coefficient (Wildman–Crippen LogP) is 2.22. The van der Waals surface area contributed by atoms with E-state index in [1.165, 1.54) is 11.3 Å². The molecule has 2 amide bonds. The fraction of sp³-hybridized carbons (Fsp3) is 0.353. The first-order valence-corrected chi connectivity index (χ1v) is 8.79. The number of rotatable bonds is 4. The van der Waals surface area contributed by atoms with Gasteiger partial charge in [-0.05, 0) is 56.6 Å². The molecular weight excluding hydrogens is 324 g/mol. The van der Waals surface area contributed by atoms with Crippen LogP contribution in [0.1, 0.15) is 32.9 Å². The largest absolute Gasteiger partial charge is 0.348 e. The number of aromatic nitrogens is 1. The zero-order valence-electron chi connectivity index (χ0n) is 13.5. The number of carbonyl (C=O) groups excluding carboxylic acids is 2. The molecule has 0 unspecified atom stereocenters. The van der Waals surface area contributed by atoms with Crippen molar-refractivity contribution in [2.45, 2.75) is 18.9 Å². The number of hydrogen-bond donors (Lipinski definition) is 2. The van der Waals surface area contributed by atoms with Crippen LogP contribution in [-0.4, -0.2) is 47.9 Å². The van der Waals surface area contributed by atoms with Gasteiger partial charge in [-0.3, -0.25) is 14.6 Å². The summed E-state index contributed by atoms with van der Waals surface area (Å²) in [4.78, 5) is 31.5. The fourth-order valence-corrected chi connectivity index (χ4v) is 3.44. The summed E-state index contributed by atoms with van der Waals surface area (Å²) in [6.07, 6.45) is 5.03. The van der Waals surface area contributed by atoms with Crippen LogP contribution in [0, 0.1) is 0 Å². The first kappa shape index (κ1) is 16.6. The van der Waals surface area contributed by atoms with Crippen molar-refractivity contribution in [2.75, 3.05) is 25.5 Å². The van der Waals surface area contributed by atoms with Crippen molar-refractivity contribution in [1.29, 1.82) is 0 Å². The molecular formula is C17H20N4O2S. The van der Waals surface area contributed by atoms with Gasteiger partial charge in [-0.25, -0.2) is 0 Å². The van der Waals surface area contributed by atoms with Crippen molar-refractivity contribution in [3.63, 3.8) is 0 Å². The number of anilines is 1. The lowest BCUT2D eigenvalue weighted by Crippen LogP contribution is -2.43. The maximum Gasteiger partial charge on any atom is 0.263 e. The van der Waals surface area contributed by atoms with Crippen LogP contribution in [0.4, 0.5) is 5.69 Å². The number of hydrogen-bond acceptors (Lipinski definition) is 5. The lowest BCUT2D eigenvalue weighted by molar-refractivity contribution is 0.0922. The summed E-state index contributed by atoms with van der Waals surface area (Å²) in [6.45, 7) is 1.97. The molecule has 1 saturated heterocycles. The quantitative estimate of drug-likeness (QED) is 0.892. The molecule has 1 aliphatic rings. The number of nitrogens with zero attached hydrogens (tertiary/aromatic N) is 2. The van der Waals surface area contributed by atoms with Crippen LogP contribution in [0.15, 0.2) is 36.0 Å². The monoisotopic (exact) mass is 344 g/mol. The zero-order valence-corrected chi connectivity index (χ0v) is 14.3. The van der Waals surface area contributed by atoms with Crippen molar-refractivity contribution in [3.8, 4) is 0 Å². The van der Waals surface area contributed by atoms with Gasteiger partial charge in [-0.1, -0.05) is 0 Å². The number of piperidine rings is 1. The van der Waals surface area contributed by atoms with E-state index in [1.54, 1.807) is 30.6 Å². The topological polar surface area (TPSA) is 74.3 Å². The summed E-state index contributed by atoms with van der Waals surface area (Å²) in [7, 11) is 2.09. The second-order valence-corrected chi connectivity index (χ2v) is 6.82. The third-order valence-electron chi connectivity index (χ3n) is 4.12. The summed E-state index contributed by atoms with van der Waals surface area (Å²) < 4.78 is 0. The van der Waals surface area contributed by atoms with Crippen LogP contribution in [0.2, 0.25) is 0 Å². The first-order valence-electron chi connectivity index (χ1n) is 7.92. The van der Waals surface area contributed by atoms with Crippen molar-refractivity contribution >= 4 is 28.8 Å². The first-order chi connectivity index (χ1) is 11.6. The van der Waals surface area contributed by atoms with Gasteiger partial charge in [0, 0.05) is 24.0 Å². The van der Waals surface area contributed by atoms with Crippen LogP contribution >= 0.6 is 11.3 Å². The van der Waals surface area contributed by atoms with Gasteiger partial charge in [0.15, 0.2) is 0 Å². The van der Waals surface area contributed by atoms with Gasteiger partial charge >= 0.3 is 0 Å². The van der Waals surface area contributed by atoms with E-state index >= 15 is 0 Å². The van der Waals surface area contributed by atoms with Gasteiger partial charge in [0.1, 0.15) is 4.88 Å². The second-order valence-electron chi connectivity index (χ2n) is 5.90. The summed E-state index contributed by atoms with van der Waals surface area (Å²) in [6, 6.07) is 5.23. The van der Waals surface area contributed by atoms with E-state index in [0.29, 0.717) is 16.1 Å². The van der Waals surface area contributed by atoms with E-state index in [-0.39, 0.29) is 17.9 Å². The van der Waals surface area contributed by atoms with Gasteiger partial charge in [-0.15, -0.1) is 11.3 Å². The van der Waals surface area contributed by atoms with Crippen LogP contribution in [0.25, 0.3) is 0 Å². The average Bonchev–Trinajstić information content (AvgIpc) is 3.06. The van der Waals surface area contributed by atoms with Crippen LogP contribution < -0.4 is 10.6 Å². The van der Waals surface area contributed by atoms with E-state index in [9.17, 15) is 9.59 Å². The smallest absolute Gasteiger partial charge is 0.263 e. The Bertz CT molecular complexity index is 708. The van der Waals surface area contributed by atoms with Gasteiger partial charge in [0.2, 0.25) is 0 Å². The zero-order chi connectivity index (χ0) is 16.9. The molecule has 0 saturated carbocycles. The number of nitrogens with one attached hydrogen (secondary N) is 2. The molecule has 2 N–H and O–H groups in total. The minimum absolute atomic E-state index is 0.121. The van der Waals surface area contributed by atoms with Crippen molar-refractivity contribution in [1.82, 2.24) is 15.2 Å². The predicted molar refractivity (Wildman–Crippen MR) is 94.5 cm³/mol. The molecule has 0 aromatic carbocycles. The van der Waals surface area contributed by atoms with Crippen LogP contribution in [0.5, 0.6) is 0 Å². The van der Waals surface area contributed by atoms with Crippen LogP contribution in [-0.2, 0) is 0 Å². The second kappa shape index (κ2) is 7.55. The van der Waals surface area contributed by atoms with Gasteiger partial charge in [0.25, 0.3) is 11.8 Å². The normalized spacial score (nSPS) is 15.9. The molecule has 0 radical (unpaired) electrons. The summed E-state index contributed by atoms with van der Waals surface area (Å²) in [5.41, 5.74) is 1.06. The molecule has 2 aromatic rings. The fourth-order valence-electron chi connectivity index (χ4n) is 2.69. The molecule has 1 fully saturated rings. The highest BCUT2D eigenvalue weighted by Gasteiger charge is 2.22. The number of thiophene rings is 1. The number of amides is 2. The number of carbonyl (C=O) groups is 2. The molecule has 24 heavy (non-hydrogen) atoms. The van der Waals surface area contributed by atoms with Crippen molar-refractivity contribution in [2.24, 2.45) is 0 Å². The molecule has 1 aliphatic heterocycles. The van der Waals surface area contributed by atoms with Crippen LogP contribution in [0.3, 0.4) is 0 Å². The summed E-state index contributed by atoms with van der Waals surface area (Å²) in [5.74, 6) is -0.367. The Balaban J connectivity index is 1.64. The van der Waals surface area contributed by atoms with Gasteiger partial charge < -0.3 is 15.5 Å². The highest BCUT2D eigenvalue weighted by molar-refractivity contribution is 7.12. The molecule has 0 aliphatic carbocycles. The molecule has 7 heteroatoms. The molecule has 0 spiro atoms. The van der Waals surface area contributed by atoms with E-state index < -0.39 is 0 Å². The van der Waals surface area contributed by atoms with Crippen molar-refractivity contribution in [3.05, 3.63) is 46.4 Å². The summed E-state index contributed by atoms with van der Waals surface area (Å²) >= 11 is 1.33. The standard InChI is InChI=1S/C17H20N4O2S/c1-21-9-4-13(5-10-21)19-17(23)15-14(6-11-24-15)20-16(22)12-2-7-18-8-3-12/h2-3,6-8,11,13H,4-5,9-10H2,1H3,(H,19,23)(H,20,22). The Kier molecular flexibility index (Phi) is 5.22. The number of likely N-dealkylation sites (tertiary alicyclic amines) is 1. The Morgan fingerprint density at radius 3 is 2.58 bits per heavy atom. The van der Waals surface area contributed by atoms with Gasteiger partial charge in [-0.2, -0.15) is 0 Å². The van der Waals surface area contributed by atoms with E-state index in [1.807, 2.05) is 5.38 Å². The van der Waals surface area contributed by atoms with E-state index in [2.05, 4.69) is 27.6 Å². The van der Waals surface area contributed by atoms with Gasteiger partial charge in [0.05, 0.1) is 5.69 Å². The Morgan fingerprint density at radius 2 is 1.88 bits per heavy atom. The third-order valence-corrected chi connectivity index (χ3v) is 5.03. The summed E-state index contributed by atoms with van der Waals surface area (Å²) in [5, 5.41) is 7.70. The SMILES string of the molecule is CN1CCC(NC(=O)c2sccc2NC(=O)c2ccncc2)CC1. The van der Waals surface area contributed by atoms with Crippen molar-refractivity contribution < 1.29 is 9.59 Å². The molecule has 3 heterocycles. The molecule has 6 nitrogen and oxygen atoms in total. The van der Waals surface area contributed by atoms with E-state index in [4.69, 9.17) is 0 Å². The minimum Gasteiger partial charge on any atom is -0.348 e. The number of pyridine rings is 1. The Morgan fingerprint density at radius 1 is 1.17 bits per heavy atom. The average molecular weight is 344 g/mol. The molecule has 3 rings (SSSR count). The maximum atomic E-state index is 12.5. The minimum atomic E-state index is -0.246. The maximum absolute atomic E-state index is 12.5.